The van der Waals surface area contributed by atoms with Crippen molar-refractivity contribution in [2.45, 2.75) is 0 Å². The van der Waals surface area contributed by atoms with Gasteiger partial charge in [0.2, 0.25) is 0 Å². The fourth-order valence-corrected chi connectivity index (χ4v) is 3.06. The summed E-state index contributed by atoms with van der Waals surface area (Å²) in [6, 6.07) is 22.6. The Bertz CT molecular complexity index is 1200. The first-order chi connectivity index (χ1) is 13.1. The molecule has 0 aliphatic heterocycles. The van der Waals surface area contributed by atoms with Crippen LogP contribution >= 0.6 is 11.6 Å². The fourth-order valence-electron chi connectivity index (χ4n) is 2.85. The van der Waals surface area contributed by atoms with E-state index in [1.807, 2.05) is 30.3 Å². The molecule has 27 heavy (non-hydrogen) atoms. The molecule has 132 valence electrons. The largest absolute Gasteiger partial charge is 0.423 e. The van der Waals surface area contributed by atoms with Crippen LogP contribution in [0.1, 0.15) is 10.4 Å². The predicted octanol–water partition coefficient (Wildman–Crippen LogP) is 5.33. The van der Waals surface area contributed by atoms with Crippen LogP contribution in [0, 0.1) is 0 Å². The lowest BCUT2D eigenvalue weighted by Gasteiger charge is -2.09. The van der Waals surface area contributed by atoms with Crippen molar-refractivity contribution in [3.05, 3.63) is 99.9 Å². The van der Waals surface area contributed by atoms with Gasteiger partial charge in [0.15, 0.2) is 0 Å². The highest BCUT2D eigenvalue weighted by molar-refractivity contribution is 6.33. The van der Waals surface area contributed by atoms with Gasteiger partial charge in [-0.15, -0.1) is 0 Å². The van der Waals surface area contributed by atoms with Crippen molar-refractivity contribution in [3.63, 3.8) is 0 Å². The number of esters is 1. The van der Waals surface area contributed by atoms with Gasteiger partial charge in [0.25, 0.3) is 0 Å². The van der Waals surface area contributed by atoms with E-state index >= 15 is 0 Å². The van der Waals surface area contributed by atoms with Crippen LogP contribution in [0.4, 0.5) is 0 Å². The molecule has 0 radical (unpaired) electrons. The van der Waals surface area contributed by atoms with Crippen molar-refractivity contribution in [1.29, 1.82) is 0 Å². The zero-order chi connectivity index (χ0) is 18.8. The second-order valence-corrected chi connectivity index (χ2v) is 6.28. The lowest BCUT2D eigenvalue weighted by atomic mass is 10.0. The van der Waals surface area contributed by atoms with E-state index in [1.54, 1.807) is 36.4 Å². The molecule has 1 heterocycles. The van der Waals surface area contributed by atoms with E-state index < -0.39 is 11.6 Å². The molecule has 1 aromatic heterocycles. The lowest BCUT2D eigenvalue weighted by molar-refractivity contribution is 0.0735. The molecule has 0 saturated heterocycles. The Morgan fingerprint density at radius 1 is 0.889 bits per heavy atom. The van der Waals surface area contributed by atoms with E-state index in [1.165, 1.54) is 12.1 Å². The summed E-state index contributed by atoms with van der Waals surface area (Å²) < 4.78 is 10.7. The third kappa shape index (κ3) is 3.48. The van der Waals surface area contributed by atoms with Gasteiger partial charge >= 0.3 is 11.6 Å². The Kier molecular flexibility index (Phi) is 4.48. The van der Waals surface area contributed by atoms with Gasteiger partial charge in [0.1, 0.15) is 11.3 Å². The predicted molar refractivity (Wildman–Crippen MR) is 104 cm³/mol. The second kappa shape index (κ2) is 7.09. The molecule has 0 bridgehead atoms. The summed E-state index contributed by atoms with van der Waals surface area (Å²) in [5, 5.41) is 1.06. The molecule has 0 aliphatic carbocycles. The number of carbonyl (C=O) groups is 1. The van der Waals surface area contributed by atoms with Crippen molar-refractivity contribution in [1.82, 2.24) is 0 Å². The Labute approximate surface area is 159 Å². The molecule has 0 spiro atoms. The summed E-state index contributed by atoms with van der Waals surface area (Å²) in [7, 11) is 0. The average molecular weight is 377 g/mol. The molecule has 0 atom stereocenters. The van der Waals surface area contributed by atoms with Crippen molar-refractivity contribution in [3.8, 4) is 16.9 Å². The molecule has 4 aromatic rings. The first-order valence-corrected chi connectivity index (χ1v) is 8.60. The fraction of sp³-hybridized carbons (Fsp3) is 0. The van der Waals surface area contributed by atoms with Crippen molar-refractivity contribution >= 4 is 28.5 Å². The van der Waals surface area contributed by atoms with Gasteiger partial charge in [-0.2, -0.15) is 0 Å². The lowest BCUT2D eigenvalue weighted by Crippen LogP contribution is -2.09. The van der Waals surface area contributed by atoms with E-state index in [0.717, 1.165) is 16.5 Å². The highest BCUT2D eigenvalue weighted by Crippen LogP contribution is 2.30. The summed E-state index contributed by atoms with van der Waals surface area (Å²) in [4.78, 5) is 24.3. The van der Waals surface area contributed by atoms with E-state index in [0.29, 0.717) is 10.6 Å². The number of fused-ring (bicyclic) bond motifs is 1. The Balaban J connectivity index is 1.74. The number of ether oxygens (including phenoxy) is 1. The quantitative estimate of drug-likeness (QED) is 0.275. The summed E-state index contributed by atoms with van der Waals surface area (Å²) in [5.74, 6) is -0.317. The summed E-state index contributed by atoms with van der Waals surface area (Å²) in [6.45, 7) is 0. The molecule has 4 rings (SSSR count). The maximum Gasteiger partial charge on any atom is 0.345 e. The van der Waals surface area contributed by atoms with E-state index in [2.05, 4.69) is 0 Å². The second-order valence-electron chi connectivity index (χ2n) is 5.87. The van der Waals surface area contributed by atoms with Gasteiger partial charge in [-0.05, 0) is 35.4 Å². The third-order valence-corrected chi connectivity index (χ3v) is 4.43. The van der Waals surface area contributed by atoms with E-state index in [4.69, 9.17) is 20.8 Å². The number of hydrogen-bond acceptors (Lipinski definition) is 4. The highest BCUT2D eigenvalue weighted by atomic mass is 35.5. The maximum atomic E-state index is 12.3. The Morgan fingerprint density at radius 2 is 1.63 bits per heavy atom. The summed E-state index contributed by atoms with van der Waals surface area (Å²) >= 11 is 6.03. The standard InChI is InChI=1S/C22H13ClO4/c23-19-9-5-4-8-17(19)22(25)26-15-10-11-16-18(14-6-2-1-3-7-14)13-21(24)27-20(16)12-15/h1-13H. The first kappa shape index (κ1) is 17.1. The molecule has 5 heteroatoms. The molecule has 0 unspecified atom stereocenters. The SMILES string of the molecule is O=C(Oc1ccc2c(-c3ccccc3)cc(=O)oc2c1)c1ccccc1Cl. The van der Waals surface area contributed by atoms with Crippen molar-refractivity contribution in [2.24, 2.45) is 0 Å². The molecular weight excluding hydrogens is 364 g/mol. The zero-order valence-corrected chi connectivity index (χ0v) is 14.8. The zero-order valence-electron chi connectivity index (χ0n) is 14.0. The van der Waals surface area contributed by atoms with Gasteiger partial charge in [-0.3, -0.25) is 0 Å². The minimum Gasteiger partial charge on any atom is -0.423 e. The highest BCUT2D eigenvalue weighted by Gasteiger charge is 2.14. The van der Waals surface area contributed by atoms with Gasteiger partial charge < -0.3 is 9.15 Å². The van der Waals surface area contributed by atoms with Crippen molar-refractivity contribution in [2.75, 3.05) is 0 Å². The van der Waals surface area contributed by atoms with Crippen LogP contribution in [0.15, 0.2) is 88.1 Å². The topological polar surface area (TPSA) is 56.5 Å². The number of hydrogen-bond donors (Lipinski definition) is 0. The summed E-state index contributed by atoms with van der Waals surface area (Å²) in [5.41, 5.74) is 1.78. The smallest absolute Gasteiger partial charge is 0.345 e. The van der Waals surface area contributed by atoms with Crippen LogP contribution < -0.4 is 10.4 Å². The van der Waals surface area contributed by atoms with E-state index in [-0.39, 0.29) is 11.3 Å². The molecule has 3 aromatic carbocycles. The van der Waals surface area contributed by atoms with Crippen LogP contribution in [0.2, 0.25) is 5.02 Å². The normalized spacial score (nSPS) is 10.7. The minimum absolute atomic E-state index is 0.263. The van der Waals surface area contributed by atoms with Gasteiger partial charge in [0.05, 0.1) is 10.6 Å². The maximum absolute atomic E-state index is 12.3. The molecule has 0 amide bonds. The van der Waals surface area contributed by atoms with Crippen LogP contribution in [-0.4, -0.2) is 5.97 Å². The van der Waals surface area contributed by atoms with Gasteiger partial charge in [-0.25, -0.2) is 9.59 Å². The van der Waals surface area contributed by atoms with Crippen LogP contribution in [0.3, 0.4) is 0 Å². The van der Waals surface area contributed by atoms with E-state index in [9.17, 15) is 9.59 Å². The number of halogens is 1. The first-order valence-electron chi connectivity index (χ1n) is 8.22. The van der Waals surface area contributed by atoms with Crippen LogP contribution in [0.25, 0.3) is 22.1 Å². The van der Waals surface area contributed by atoms with Crippen molar-refractivity contribution < 1.29 is 13.9 Å². The Hall–Kier alpha value is -3.37. The van der Waals surface area contributed by atoms with Gasteiger partial charge in [-0.1, -0.05) is 54.1 Å². The molecule has 0 N–H and O–H groups in total. The average Bonchev–Trinajstić information content (AvgIpc) is 2.68. The molecular formula is C22H13ClO4. The number of rotatable bonds is 3. The monoisotopic (exact) mass is 376 g/mol. The Morgan fingerprint density at radius 3 is 2.41 bits per heavy atom. The molecule has 0 aliphatic rings. The molecule has 0 saturated carbocycles. The third-order valence-electron chi connectivity index (χ3n) is 4.11. The molecule has 0 fully saturated rings. The molecule has 4 nitrogen and oxygen atoms in total. The minimum atomic E-state index is -0.582. The summed E-state index contributed by atoms with van der Waals surface area (Å²) in [6.07, 6.45) is 0. The van der Waals surface area contributed by atoms with Crippen LogP contribution in [0.5, 0.6) is 5.75 Å². The number of carbonyl (C=O) groups excluding carboxylic acids is 1. The van der Waals surface area contributed by atoms with Crippen LogP contribution in [-0.2, 0) is 0 Å². The van der Waals surface area contributed by atoms with Gasteiger partial charge in [0, 0.05) is 17.5 Å². The number of benzene rings is 3.